The lowest BCUT2D eigenvalue weighted by Gasteiger charge is -2.10. The first-order valence-electron chi connectivity index (χ1n) is 3.52. The molecule has 1 N–H and O–H groups in total. The molecule has 72 valence electrons. The van der Waals surface area contributed by atoms with E-state index in [1.807, 2.05) is 6.92 Å². The van der Waals surface area contributed by atoms with Gasteiger partial charge in [0.1, 0.15) is 0 Å². The van der Waals surface area contributed by atoms with E-state index in [2.05, 4.69) is 9.41 Å². The lowest BCUT2D eigenvalue weighted by atomic mass is 10.2. The molecule has 0 fully saturated rings. The highest BCUT2D eigenvalue weighted by Gasteiger charge is 2.06. The largest absolute Gasteiger partial charge is 0.427 e. The van der Waals surface area contributed by atoms with E-state index < -0.39 is 10.1 Å². The summed E-state index contributed by atoms with van der Waals surface area (Å²) in [6.45, 7) is 1.94. The van der Waals surface area contributed by atoms with Crippen LogP contribution in [0.4, 0.5) is 0 Å². The van der Waals surface area contributed by atoms with E-state index in [4.69, 9.17) is 4.65 Å². The molecule has 0 bridgehead atoms. The average molecular weight is 195 g/mol. The Labute approximate surface area is 73.9 Å². The second kappa shape index (κ2) is 5.53. The minimum Gasteiger partial charge on any atom is -0.427 e. The molecule has 0 radical (unpaired) electrons. The molecule has 5 nitrogen and oxygen atoms in total. The Bertz CT molecular complexity index is 205. The van der Waals surface area contributed by atoms with Gasteiger partial charge in [-0.15, -0.1) is 0 Å². The maximum absolute atomic E-state index is 10.5. The van der Waals surface area contributed by atoms with E-state index >= 15 is 0 Å². The van der Waals surface area contributed by atoms with Crippen molar-refractivity contribution in [2.24, 2.45) is 0 Å². The highest BCUT2D eigenvalue weighted by molar-refractivity contribution is 7.85. The third-order valence-electron chi connectivity index (χ3n) is 1.11. The predicted molar refractivity (Wildman–Crippen MR) is 47.6 cm³/mol. The van der Waals surface area contributed by atoms with E-state index in [0.717, 1.165) is 6.26 Å². The van der Waals surface area contributed by atoms with E-state index in [9.17, 15) is 8.42 Å². The standard InChI is InChI=1S/C5H14BNO4S/c1-5(7-6-10-2)4-11-12(3,8)9/h5-7H,4H2,1-3H3/t5-/m1/s1. The Balaban J connectivity index is 3.51. The van der Waals surface area contributed by atoms with Gasteiger partial charge in [0, 0.05) is 13.2 Å². The molecule has 0 aliphatic heterocycles. The second-order valence-electron chi connectivity index (χ2n) is 2.53. The zero-order valence-electron chi connectivity index (χ0n) is 7.53. The van der Waals surface area contributed by atoms with Crippen molar-refractivity contribution in [2.45, 2.75) is 13.0 Å². The van der Waals surface area contributed by atoms with Gasteiger partial charge in [-0.25, -0.2) is 0 Å². The van der Waals surface area contributed by atoms with Crippen LogP contribution < -0.4 is 5.23 Å². The first-order chi connectivity index (χ1) is 5.45. The van der Waals surface area contributed by atoms with Crippen molar-refractivity contribution < 1.29 is 17.3 Å². The third-order valence-corrected chi connectivity index (χ3v) is 1.67. The second-order valence-corrected chi connectivity index (χ2v) is 4.17. The molecule has 0 saturated carbocycles. The SMILES string of the molecule is COBN[C@H](C)COS(C)(=O)=O. The van der Waals surface area contributed by atoms with Crippen LogP contribution in [0, 0.1) is 0 Å². The molecule has 0 spiro atoms. The molecule has 0 aliphatic rings. The molecule has 0 amide bonds. The summed E-state index contributed by atoms with van der Waals surface area (Å²) in [6, 6.07) is -0.0420. The summed E-state index contributed by atoms with van der Waals surface area (Å²) in [5.74, 6) is 0. The molecular weight excluding hydrogens is 181 g/mol. The maximum Gasteiger partial charge on any atom is 0.360 e. The van der Waals surface area contributed by atoms with Gasteiger partial charge >= 0.3 is 7.62 Å². The minimum absolute atomic E-state index is 0.0420. The lowest BCUT2D eigenvalue weighted by molar-refractivity contribution is 0.289. The van der Waals surface area contributed by atoms with Crippen LogP contribution in [0.25, 0.3) is 0 Å². The Morgan fingerprint density at radius 2 is 2.17 bits per heavy atom. The van der Waals surface area contributed by atoms with Crippen LogP contribution in [0.3, 0.4) is 0 Å². The Kier molecular flexibility index (Phi) is 5.48. The number of hydrogen-bond donors (Lipinski definition) is 1. The minimum atomic E-state index is -3.33. The molecule has 0 aromatic heterocycles. The molecule has 0 heterocycles. The Morgan fingerprint density at radius 3 is 2.58 bits per heavy atom. The summed E-state index contributed by atoms with van der Waals surface area (Å²) in [5, 5.41) is 2.89. The van der Waals surface area contributed by atoms with Gasteiger partial charge in [-0.1, -0.05) is 0 Å². The van der Waals surface area contributed by atoms with Gasteiger partial charge in [-0.2, -0.15) is 8.42 Å². The van der Waals surface area contributed by atoms with Crippen LogP contribution in [0.2, 0.25) is 0 Å². The molecule has 0 rings (SSSR count). The fourth-order valence-electron chi connectivity index (χ4n) is 0.510. The van der Waals surface area contributed by atoms with Gasteiger partial charge < -0.3 is 9.88 Å². The topological polar surface area (TPSA) is 64.6 Å². The molecule has 0 unspecified atom stereocenters. The summed E-state index contributed by atoms with van der Waals surface area (Å²) in [7, 11) is -1.39. The normalized spacial score (nSPS) is 14.2. The van der Waals surface area contributed by atoms with E-state index in [-0.39, 0.29) is 12.6 Å². The van der Waals surface area contributed by atoms with Crippen molar-refractivity contribution >= 4 is 17.7 Å². The van der Waals surface area contributed by atoms with Crippen LogP contribution in [-0.4, -0.2) is 42.0 Å². The van der Waals surface area contributed by atoms with Crippen molar-refractivity contribution in [1.29, 1.82) is 0 Å². The monoisotopic (exact) mass is 195 g/mol. The van der Waals surface area contributed by atoms with Gasteiger partial charge in [0.25, 0.3) is 10.1 Å². The zero-order valence-corrected chi connectivity index (χ0v) is 8.35. The molecule has 1 atom stereocenters. The van der Waals surface area contributed by atoms with E-state index in [1.54, 1.807) is 7.11 Å². The van der Waals surface area contributed by atoms with E-state index in [1.165, 1.54) is 0 Å². The molecule has 7 heteroatoms. The summed E-state index contributed by atoms with van der Waals surface area (Å²) in [6.07, 6.45) is 1.02. The quantitative estimate of drug-likeness (QED) is 0.428. The van der Waals surface area contributed by atoms with Crippen molar-refractivity contribution in [1.82, 2.24) is 5.23 Å². The van der Waals surface area contributed by atoms with Crippen molar-refractivity contribution in [3.05, 3.63) is 0 Å². The predicted octanol–water partition coefficient (Wildman–Crippen LogP) is -1.15. The fourth-order valence-corrected chi connectivity index (χ4v) is 0.961. The summed E-state index contributed by atoms with van der Waals surface area (Å²) in [5.41, 5.74) is 0. The highest BCUT2D eigenvalue weighted by atomic mass is 32.2. The highest BCUT2D eigenvalue weighted by Crippen LogP contribution is 1.89. The van der Waals surface area contributed by atoms with Crippen molar-refractivity contribution in [3.8, 4) is 0 Å². The molecule has 0 aliphatic carbocycles. The summed E-state index contributed by atoms with van der Waals surface area (Å²) < 4.78 is 30.3. The number of hydrogen-bond acceptors (Lipinski definition) is 5. The van der Waals surface area contributed by atoms with Gasteiger partial charge in [-0.05, 0) is 6.92 Å². The third kappa shape index (κ3) is 8.00. The van der Waals surface area contributed by atoms with Crippen LogP contribution in [-0.2, 0) is 19.0 Å². The van der Waals surface area contributed by atoms with Crippen molar-refractivity contribution in [3.63, 3.8) is 0 Å². The summed E-state index contributed by atoms with van der Waals surface area (Å²) in [4.78, 5) is 0. The van der Waals surface area contributed by atoms with Gasteiger partial charge in [-0.3, -0.25) is 4.18 Å². The number of nitrogens with one attached hydrogen (secondary N) is 1. The maximum atomic E-state index is 10.5. The van der Waals surface area contributed by atoms with Crippen LogP contribution in [0.5, 0.6) is 0 Å². The zero-order chi connectivity index (χ0) is 9.61. The summed E-state index contributed by atoms with van der Waals surface area (Å²) >= 11 is 0. The molecule has 0 saturated heterocycles. The lowest BCUT2D eigenvalue weighted by Crippen LogP contribution is -2.35. The molecule has 0 aromatic rings. The Morgan fingerprint density at radius 1 is 1.58 bits per heavy atom. The average Bonchev–Trinajstić information content (AvgIpc) is 1.95. The van der Waals surface area contributed by atoms with Gasteiger partial charge in [0.05, 0.1) is 12.9 Å². The molecular formula is C5H14BNO4S. The first-order valence-corrected chi connectivity index (χ1v) is 5.34. The fraction of sp³-hybridized carbons (Fsp3) is 1.00. The van der Waals surface area contributed by atoms with Crippen LogP contribution in [0.1, 0.15) is 6.92 Å². The van der Waals surface area contributed by atoms with Crippen molar-refractivity contribution in [2.75, 3.05) is 20.0 Å². The van der Waals surface area contributed by atoms with Crippen LogP contribution in [0.15, 0.2) is 0 Å². The van der Waals surface area contributed by atoms with E-state index in [0.29, 0.717) is 7.62 Å². The molecule has 0 aromatic carbocycles. The Hall–Kier alpha value is -0.105. The smallest absolute Gasteiger partial charge is 0.360 e. The van der Waals surface area contributed by atoms with Gasteiger partial charge in [0.2, 0.25) is 0 Å². The number of rotatable bonds is 6. The first kappa shape index (κ1) is 11.9. The van der Waals surface area contributed by atoms with Gasteiger partial charge in [0.15, 0.2) is 0 Å². The van der Waals surface area contributed by atoms with Crippen LogP contribution >= 0.6 is 0 Å². The molecule has 12 heavy (non-hydrogen) atoms.